The summed E-state index contributed by atoms with van der Waals surface area (Å²) in [5.74, 6) is 0.918. The van der Waals surface area contributed by atoms with Crippen molar-refractivity contribution in [2.75, 3.05) is 13.2 Å². The van der Waals surface area contributed by atoms with E-state index in [0.717, 1.165) is 17.5 Å². The third-order valence-corrected chi connectivity index (χ3v) is 5.33. The Morgan fingerprint density at radius 1 is 1.29 bits per heavy atom. The SMILES string of the molecule is CC(C)n1c(=O)c2c(-c3noc(C4CCOC4)n3)ncn2c2ccc(Cl)cc21. The van der Waals surface area contributed by atoms with Gasteiger partial charge in [0.05, 0.1) is 23.6 Å². The van der Waals surface area contributed by atoms with Crippen LogP contribution >= 0.6 is 11.6 Å². The van der Waals surface area contributed by atoms with Gasteiger partial charge in [-0.05, 0) is 38.5 Å². The standard InChI is InChI=1S/C19H18ClN5O3/c1-10(2)25-14-7-12(20)3-4-13(14)24-9-21-15(16(24)19(25)26)17-22-18(28-23-17)11-5-6-27-8-11/h3-4,7,9-11H,5-6,8H2,1-2H3. The Balaban J connectivity index is 1.77. The van der Waals surface area contributed by atoms with E-state index in [4.69, 9.17) is 20.9 Å². The Hall–Kier alpha value is -2.71. The zero-order valence-corrected chi connectivity index (χ0v) is 16.2. The van der Waals surface area contributed by atoms with Crippen LogP contribution in [0.5, 0.6) is 0 Å². The molecule has 1 atom stereocenters. The minimum Gasteiger partial charge on any atom is -0.381 e. The van der Waals surface area contributed by atoms with Crippen LogP contribution in [0.25, 0.3) is 28.1 Å². The van der Waals surface area contributed by atoms with Crippen molar-refractivity contribution in [3.63, 3.8) is 0 Å². The van der Waals surface area contributed by atoms with E-state index in [2.05, 4.69) is 15.1 Å². The first-order chi connectivity index (χ1) is 13.5. The highest BCUT2D eigenvalue weighted by molar-refractivity contribution is 6.31. The van der Waals surface area contributed by atoms with E-state index in [-0.39, 0.29) is 17.5 Å². The molecule has 0 amide bonds. The number of fused-ring (bicyclic) bond motifs is 3. The molecule has 1 fully saturated rings. The third-order valence-electron chi connectivity index (χ3n) is 5.09. The molecule has 0 bridgehead atoms. The zero-order valence-electron chi connectivity index (χ0n) is 15.4. The van der Waals surface area contributed by atoms with E-state index in [0.29, 0.717) is 41.2 Å². The molecule has 0 spiro atoms. The predicted octanol–water partition coefficient (Wildman–Crippen LogP) is 3.44. The summed E-state index contributed by atoms with van der Waals surface area (Å²) >= 11 is 6.18. The molecule has 8 nitrogen and oxygen atoms in total. The zero-order chi connectivity index (χ0) is 19.4. The quantitative estimate of drug-likeness (QED) is 0.524. The highest BCUT2D eigenvalue weighted by Crippen LogP contribution is 2.28. The molecule has 0 N–H and O–H groups in total. The first-order valence-corrected chi connectivity index (χ1v) is 9.55. The second-order valence-electron chi connectivity index (χ2n) is 7.23. The molecule has 0 radical (unpaired) electrons. The van der Waals surface area contributed by atoms with E-state index in [1.165, 1.54) is 0 Å². The average Bonchev–Trinajstić information content (AvgIpc) is 3.40. The molecule has 1 unspecified atom stereocenters. The Labute approximate surface area is 164 Å². The smallest absolute Gasteiger partial charge is 0.278 e. The van der Waals surface area contributed by atoms with Gasteiger partial charge in [-0.2, -0.15) is 4.98 Å². The minimum absolute atomic E-state index is 0.0577. The van der Waals surface area contributed by atoms with Crippen molar-refractivity contribution in [3.8, 4) is 11.5 Å². The average molecular weight is 400 g/mol. The lowest BCUT2D eigenvalue weighted by Crippen LogP contribution is -2.24. The number of hydrogen-bond donors (Lipinski definition) is 0. The van der Waals surface area contributed by atoms with Crippen molar-refractivity contribution < 1.29 is 9.26 Å². The largest absolute Gasteiger partial charge is 0.381 e. The molecule has 1 saturated heterocycles. The summed E-state index contributed by atoms with van der Waals surface area (Å²) in [6, 6.07) is 5.42. The van der Waals surface area contributed by atoms with Gasteiger partial charge < -0.3 is 13.8 Å². The lowest BCUT2D eigenvalue weighted by atomic mass is 10.1. The first-order valence-electron chi connectivity index (χ1n) is 9.17. The Kier molecular flexibility index (Phi) is 3.99. The molecular weight excluding hydrogens is 382 g/mol. The molecule has 3 aromatic heterocycles. The number of nitrogens with zero attached hydrogens (tertiary/aromatic N) is 5. The molecule has 5 rings (SSSR count). The predicted molar refractivity (Wildman–Crippen MR) is 104 cm³/mol. The highest BCUT2D eigenvalue weighted by atomic mass is 35.5. The summed E-state index contributed by atoms with van der Waals surface area (Å²) in [7, 11) is 0. The number of ether oxygens (including phenoxy) is 1. The van der Waals surface area contributed by atoms with Crippen LogP contribution in [0.4, 0.5) is 0 Å². The fraction of sp³-hybridized carbons (Fsp3) is 0.368. The number of halogens is 1. The first kappa shape index (κ1) is 17.4. The number of hydrogen-bond acceptors (Lipinski definition) is 6. The van der Waals surface area contributed by atoms with Crippen LogP contribution < -0.4 is 5.56 Å². The molecule has 0 aliphatic carbocycles. The highest BCUT2D eigenvalue weighted by Gasteiger charge is 2.26. The van der Waals surface area contributed by atoms with Crippen molar-refractivity contribution in [1.82, 2.24) is 24.1 Å². The summed E-state index contributed by atoms with van der Waals surface area (Å²) in [6.45, 7) is 5.17. The minimum atomic E-state index is -0.173. The molecule has 144 valence electrons. The second-order valence-corrected chi connectivity index (χ2v) is 7.67. The van der Waals surface area contributed by atoms with Gasteiger partial charge in [0, 0.05) is 17.7 Å². The van der Waals surface area contributed by atoms with Crippen LogP contribution in [0.15, 0.2) is 33.8 Å². The van der Waals surface area contributed by atoms with Crippen molar-refractivity contribution in [2.45, 2.75) is 32.2 Å². The van der Waals surface area contributed by atoms with Gasteiger partial charge in [0.25, 0.3) is 5.56 Å². The third kappa shape index (κ3) is 2.56. The van der Waals surface area contributed by atoms with Crippen LogP contribution in [0.1, 0.15) is 38.1 Å². The van der Waals surface area contributed by atoms with E-state index in [1.54, 1.807) is 27.4 Å². The number of benzene rings is 1. The van der Waals surface area contributed by atoms with E-state index in [9.17, 15) is 4.79 Å². The number of imidazole rings is 1. The summed E-state index contributed by atoms with van der Waals surface area (Å²) in [6.07, 6.45) is 2.46. The van der Waals surface area contributed by atoms with Gasteiger partial charge in [-0.25, -0.2) is 4.98 Å². The van der Waals surface area contributed by atoms with Crippen LogP contribution in [0.3, 0.4) is 0 Å². The van der Waals surface area contributed by atoms with Gasteiger partial charge in [0.15, 0.2) is 0 Å². The summed E-state index contributed by atoms with van der Waals surface area (Å²) in [5, 5.41) is 4.65. The maximum atomic E-state index is 13.4. The van der Waals surface area contributed by atoms with Gasteiger partial charge >= 0.3 is 0 Å². The van der Waals surface area contributed by atoms with Crippen molar-refractivity contribution in [3.05, 3.63) is 45.8 Å². The van der Waals surface area contributed by atoms with Gasteiger partial charge in [0.2, 0.25) is 11.7 Å². The van der Waals surface area contributed by atoms with Crippen LogP contribution in [0.2, 0.25) is 5.02 Å². The van der Waals surface area contributed by atoms with E-state index >= 15 is 0 Å². The summed E-state index contributed by atoms with van der Waals surface area (Å²) in [5.41, 5.74) is 2.23. The molecule has 9 heteroatoms. The number of rotatable bonds is 3. The summed E-state index contributed by atoms with van der Waals surface area (Å²) < 4.78 is 14.3. The molecular formula is C19H18ClN5O3. The lowest BCUT2D eigenvalue weighted by Gasteiger charge is -2.15. The van der Waals surface area contributed by atoms with Crippen LogP contribution in [0, 0.1) is 0 Å². The maximum Gasteiger partial charge on any atom is 0.278 e. The summed E-state index contributed by atoms with van der Waals surface area (Å²) in [4.78, 5) is 22.3. The fourth-order valence-electron chi connectivity index (χ4n) is 3.75. The maximum absolute atomic E-state index is 13.4. The van der Waals surface area contributed by atoms with Crippen molar-refractivity contribution in [1.29, 1.82) is 0 Å². The van der Waals surface area contributed by atoms with E-state index in [1.807, 2.05) is 19.9 Å². The molecule has 0 saturated carbocycles. The van der Waals surface area contributed by atoms with Crippen LogP contribution in [-0.2, 0) is 4.74 Å². The molecule has 4 heterocycles. The number of aromatic nitrogens is 5. The van der Waals surface area contributed by atoms with Crippen LogP contribution in [-0.4, -0.2) is 37.3 Å². The molecule has 1 aromatic carbocycles. The van der Waals surface area contributed by atoms with Gasteiger partial charge in [-0.3, -0.25) is 9.20 Å². The fourth-order valence-corrected chi connectivity index (χ4v) is 3.92. The monoisotopic (exact) mass is 399 g/mol. The van der Waals surface area contributed by atoms with Gasteiger partial charge in [-0.1, -0.05) is 16.8 Å². The Morgan fingerprint density at radius 3 is 2.89 bits per heavy atom. The Morgan fingerprint density at radius 2 is 2.14 bits per heavy atom. The van der Waals surface area contributed by atoms with Gasteiger partial charge in [0.1, 0.15) is 17.5 Å². The topological polar surface area (TPSA) is 87.5 Å². The molecule has 1 aliphatic heterocycles. The second kappa shape index (κ2) is 6.42. The van der Waals surface area contributed by atoms with Crippen molar-refractivity contribution in [2.24, 2.45) is 0 Å². The normalized spacial score (nSPS) is 17.4. The van der Waals surface area contributed by atoms with Gasteiger partial charge in [-0.15, -0.1) is 0 Å². The molecule has 1 aliphatic rings. The lowest BCUT2D eigenvalue weighted by molar-refractivity contribution is 0.189. The van der Waals surface area contributed by atoms with E-state index < -0.39 is 0 Å². The Bertz CT molecular complexity index is 1250. The van der Waals surface area contributed by atoms with Crippen molar-refractivity contribution >= 4 is 28.2 Å². The molecule has 28 heavy (non-hydrogen) atoms. The molecule has 4 aromatic rings.